The van der Waals surface area contributed by atoms with Gasteiger partial charge < -0.3 is 10.1 Å². The first-order chi connectivity index (χ1) is 16.5. The summed E-state index contributed by atoms with van der Waals surface area (Å²) in [5.41, 5.74) is 1.84. The summed E-state index contributed by atoms with van der Waals surface area (Å²) in [5, 5.41) is 13.6. The van der Waals surface area contributed by atoms with E-state index in [0.717, 1.165) is 11.6 Å². The molecule has 11 heteroatoms. The average Bonchev–Trinajstić information content (AvgIpc) is 2.80. The number of para-hydroxylation sites is 1. The van der Waals surface area contributed by atoms with Crippen molar-refractivity contribution in [3.8, 4) is 0 Å². The van der Waals surface area contributed by atoms with Crippen molar-refractivity contribution < 1.29 is 27.7 Å². The second-order valence-electron chi connectivity index (χ2n) is 7.80. The predicted octanol–water partition coefficient (Wildman–Crippen LogP) is 4.12. The Morgan fingerprint density at radius 1 is 0.971 bits per heavy atom. The molecule has 35 heavy (non-hydrogen) atoms. The number of nitrogens with one attached hydrogen (secondary N) is 2. The number of ether oxygens (including phenoxy) is 1. The van der Waals surface area contributed by atoms with Crippen molar-refractivity contribution in [3.63, 3.8) is 0 Å². The van der Waals surface area contributed by atoms with Gasteiger partial charge in [0.25, 0.3) is 21.6 Å². The molecular formula is C24H23N3O7S. The number of aryl methyl sites for hydroxylation is 3. The molecule has 1 amide bonds. The number of sulfonamides is 1. The van der Waals surface area contributed by atoms with E-state index in [9.17, 15) is 28.1 Å². The van der Waals surface area contributed by atoms with Crippen molar-refractivity contribution in [3.05, 3.63) is 93.0 Å². The van der Waals surface area contributed by atoms with Crippen LogP contribution in [0.1, 0.15) is 27.0 Å². The fourth-order valence-corrected chi connectivity index (χ4v) is 4.54. The standard InChI is InChI=1S/C24H23N3O7S/c1-15-7-11-19(12-8-15)26-35(32,33)21-13-18(10-9-16(21)2)24(29)34-14-22(28)25-23-17(3)5-4-6-20(23)27(30)31/h4-13,26H,14H2,1-3H3,(H,25,28). The lowest BCUT2D eigenvalue weighted by Gasteiger charge is -2.12. The molecule has 0 bridgehead atoms. The summed E-state index contributed by atoms with van der Waals surface area (Å²) in [7, 11) is -4.00. The number of esters is 1. The molecule has 0 aliphatic heterocycles. The first-order valence-corrected chi connectivity index (χ1v) is 11.9. The van der Waals surface area contributed by atoms with Gasteiger partial charge in [-0.05, 0) is 56.2 Å². The van der Waals surface area contributed by atoms with Crippen LogP contribution in [0.25, 0.3) is 0 Å². The summed E-state index contributed by atoms with van der Waals surface area (Å²) >= 11 is 0. The van der Waals surface area contributed by atoms with Crippen molar-refractivity contribution >= 4 is 39.0 Å². The second kappa shape index (κ2) is 10.3. The molecule has 0 aromatic heterocycles. The van der Waals surface area contributed by atoms with Gasteiger partial charge in [0.2, 0.25) is 0 Å². The van der Waals surface area contributed by atoms with Crippen LogP contribution in [-0.4, -0.2) is 31.8 Å². The number of carbonyl (C=O) groups excluding carboxylic acids is 2. The number of hydrogen-bond donors (Lipinski definition) is 2. The average molecular weight is 498 g/mol. The van der Waals surface area contributed by atoms with Gasteiger partial charge in [0, 0.05) is 11.8 Å². The Labute approximate surface area is 202 Å². The minimum Gasteiger partial charge on any atom is -0.452 e. The smallest absolute Gasteiger partial charge is 0.338 e. The van der Waals surface area contributed by atoms with E-state index in [4.69, 9.17) is 4.74 Å². The zero-order valence-electron chi connectivity index (χ0n) is 19.2. The third kappa shape index (κ3) is 6.21. The molecule has 0 fully saturated rings. The number of carbonyl (C=O) groups is 2. The van der Waals surface area contributed by atoms with E-state index in [0.29, 0.717) is 16.8 Å². The maximum absolute atomic E-state index is 12.9. The molecule has 0 aliphatic rings. The molecule has 3 aromatic rings. The Morgan fingerprint density at radius 2 is 1.66 bits per heavy atom. The van der Waals surface area contributed by atoms with Crippen molar-refractivity contribution in [2.45, 2.75) is 25.7 Å². The molecule has 0 aliphatic carbocycles. The highest BCUT2D eigenvalue weighted by molar-refractivity contribution is 7.92. The normalized spacial score (nSPS) is 10.9. The number of nitrogens with zero attached hydrogens (tertiary/aromatic N) is 1. The zero-order valence-corrected chi connectivity index (χ0v) is 20.0. The molecule has 0 saturated carbocycles. The second-order valence-corrected chi connectivity index (χ2v) is 9.45. The van der Waals surface area contributed by atoms with Crippen LogP contribution in [0.4, 0.5) is 17.1 Å². The van der Waals surface area contributed by atoms with Gasteiger partial charge in [-0.15, -0.1) is 0 Å². The summed E-state index contributed by atoms with van der Waals surface area (Å²) in [4.78, 5) is 35.2. The summed E-state index contributed by atoms with van der Waals surface area (Å²) in [6.45, 7) is 4.33. The molecule has 0 spiro atoms. The molecule has 0 heterocycles. The van der Waals surface area contributed by atoms with Gasteiger partial charge in [-0.1, -0.05) is 35.9 Å². The van der Waals surface area contributed by atoms with Gasteiger partial charge in [-0.3, -0.25) is 19.6 Å². The highest BCUT2D eigenvalue weighted by Gasteiger charge is 2.22. The van der Waals surface area contributed by atoms with E-state index >= 15 is 0 Å². The Kier molecular flexibility index (Phi) is 7.50. The highest BCUT2D eigenvalue weighted by atomic mass is 32.2. The number of benzene rings is 3. The molecule has 10 nitrogen and oxygen atoms in total. The lowest BCUT2D eigenvalue weighted by Crippen LogP contribution is -2.22. The summed E-state index contributed by atoms with van der Waals surface area (Å²) < 4.78 is 33.2. The first-order valence-electron chi connectivity index (χ1n) is 10.4. The number of rotatable bonds is 8. The molecule has 0 unspecified atom stereocenters. The fourth-order valence-electron chi connectivity index (χ4n) is 3.21. The number of anilines is 2. The van der Waals surface area contributed by atoms with E-state index < -0.39 is 33.4 Å². The fraction of sp³-hybridized carbons (Fsp3) is 0.167. The third-order valence-electron chi connectivity index (χ3n) is 5.06. The van der Waals surface area contributed by atoms with Gasteiger partial charge >= 0.3 is 5.97 Å². The molecular weight excluding hydrogens is 474 g/mol. The maximum atomic E-state index is 12.9. The van der Waals surface area contributed by atoms with Crippen LogP contribution >= 0.6 is 0 Å². The van der Waals surface area contributed by atoms with E-state index in [1.165, 1.54) is 24.3 Å². The van der Waals surface area contributed by atoms with Gasteiger partial charge in [-0.2, -0.15) is 0 Å². The van der Waals surface area contributed by atoms with Gasteiger partial charge in [-0.25, -0.2) is 13.2 Å². The summed E-state index contributed by atoms with van der Waals surface area (Å²) in [6, 6.07) is 15.1. The molecule has 2 N–H and O–H groups in total. The van der Waals surface area contributed by atoms with Crippen LogP contribution in [-0.2, 0) is 19.6 Å². The topological polar surface area (TPSA) is 145 Å². The summed E-state index contributed by atoms with van der Waals surface area (Å²) in [6.07, 6.45) is 0. The SMILES string of the molecule is Cc1ccc(NS(=O)(=O)c2cc(C(=O)OCC(=O)Nc3c(C)cccc3[N+](=O)[O-])ccc2C)cc1. The van der Waals surface area contributed by atoms with Crippen LogP contribution in [0.5, 0.6) is 0 Å². The van der Waals surface area contributed by atoms with Crippen LogP contribution < -0.4 is 10.0 Å². The van der Waals surface area contributed by atoms with E-state index in [1.54, 1.807) is 44.2 Å². The monoisotopic (exact) mass is 497 g/mol. The molecule has 182 valence electrons. The lowest BCUT2D eigenvalue weighted by atomic mass is 10.1. The van der Waals surface area contributed by atoms with Crippen molar-refractivity contribution in [1.82, 2.24) is 0 Å². The minimum atomic E-state index is -4.00. The van der Waals surface area contributed by atoms with E-state index in [-0.39, 0.29) is 21.8 Å². The Bertz CT molecular complexity index is 1400. The predicted molar refractivity (Wildman–Crippen MR) is 130 cm³/mol. The van der Waals surface area contributed by atoms with Crippen molar-refractivity contribution in [1.29, 1.82) is 0 Å². The number of nitro groups is 1. The number of hydrogen-bond acceptors (Lipinski definition) is 7. The summed E-state index contributed by atoms with van der Waals surface area (Å²) in [5.74, 6) is -1.71. The third-order valence-corrected chi connectivity index (χ3v) is 6.59. The Hall–Kier alpha value is -4.25. The van der Waals surface area contributed by atoms with Crippen LogP contribution in [0.15, 0.2) is 65.6 Å². The lowest BCUT2D eigenvalue weighted by molar-refractivity contribution is -0.384. The Morgan fingerprint density at radius 3 is 2.31 bits per heavy atom. The quantitative estimate of drug-likeness (QED) is 0.270. The Balaban J connectivity index is 1.72. The molecule has 3 rings (SSSR count). The zero-order chi connectivity index (χ0) is 25.8. The van der Waals surface area contributed by atoms with Gasteiger partial charge in [0.15, 0.2) is 6.61 Å². The van der Waals surface area contributed by atoms with E-state index in [1.807, 2.05) is 6.92 Å². The van der Waals surface area contributed by atoms with Crippen LogP contribution in [0.3, 0.4) is 0 Å². The van der Waals surface area contributed by atoms with Crippen LogP contribution in [0.2, 0.25) is 0 Å². The van der Waals surface area contributed by atoms with Crippen molar-refractivity contribution in [2.75, 3.05) is 16.6 Å². The van der Waals surface area contributed by atoms with Gasteiger partial charge in [0.05, 0.1) is 15.4 Å². The van der Waals surface area contributed by atoms with Gasteiger partial charge in [0.1, 0.15) is 5.69 Å². The number of nitro benzene ring substituents is 1. The maximum Gasteiger partial charge on any atom is 0.338 e. The van der Waals surface area contributed by atoms with Crippen molar-refractivity contribution in [2.24, 2.45) is 0 Å². The largest absolute Gasteiger partial charge is 0.452 e. The minimum absolute atomic E-state index is 0.00412. The van der Waals surface area contributed by atoms with Crippen LogP contribution in [0, 0.1) is 30.9 Å². The first kappa shape index (κ1) is 25.4. The number of amides is 1. The molecule has 0 radical (unpaired) electrons. The van der Waals surface area contributed by atoms with E-state index in [2.05, 4.69) is 10.0 Å². The molecule has 0 atom stereocenters. The molecule has 0 saturated heterocycles. The molecule has 3 aromatic carbocycles. The highest BCUT2D eigenvalue weighted by Crippen LogP contribution is 2.27.